The van der Waals surface area contributed by atoms with E-state index in [2.05, 4.69) is 26.2 Å². The van der Waals surface area contributed by atoms with Crippen LogP contribution in [-0.4, -0.2) is 70.4 Å². The van der Waals surface area contributed by atoms with Gasteiger partial charge in [-0.3, -0.25) is 34.1 Å². The molecule has 1 aromatic heterocycles. The van der Waals surface area contributed by atoms with E-state index in [0.717, 1.165) is 22.5 Å². The summed E-state index contributed by atoms with van der Waals surface area (Å²) in [6.07, 6.45) is -2.36. The SMILES string of the molecule is CS(=O)(=O)O[C@H]1CN(C(=O)OCc2ccc([N+](=O)[O-])cc2)[C@](C(=O)CBr)(c2csc(CNC(=O)OCc3ccc([N+](=O)[O-])cc3)n2)C1. The molecule has 1 aliphatic rings. The molecule has 0 saturated carbocycles. The number of hydrogen-bond donors (Lipinski definition) is 1. The Morgan fingerprint density at radius 2 is 1.57 bits per heavy atom. The van der Waals surface area contributed by atoms with E-state index in [1.807, 2.05) is 0 Å². The zero-order chi connectivity index (χ0) is 34.4. The number of nitrogens with zero attached hydrogens (tertiary/aromatic N) is 4. The van der Waals surface area contributed by atoms with E-state index in [1.54, 1.807) is 0 Å². The van der Waals surface area contributed by atoms with Crippen LogP contribution < -0.4 is 5.32 Å². The number of ether oxygens (including phenoxy) is 2. The van der Waals surface area contributed by atoms with Crippen LogP contribution in [0.3, 0.4) is 0 Å². The lowest BCUT2D eigenvalue weighted by molar-refractivity contribution is -0.385. The third kappa shape index (κ3) is 8.84. The van der Waals surface area contributed by atoms with Crippen LogP contribution in [0.25, 0.3) is 0 Å². The fourth-order valence-electron chi connectivity index (χ4n) is 4.75. The lowest BCUT2D eigenvalue weighted by Crippen LogP contribution is -2.51. The molecule has 0 radical (unpaired) electrons. The third-order valence-corrected chi connectivity index (χ3v) is 8.85. The molecule has 2 amide bonds. The lowest BCUT2D eigenvalue weighted by Gasteiger charge is -2.34. The minimum atomic E-state index is -4.00. The number of non-ortho nitro benzene ring substituents is 2. The smallest absolute Gasteiger partial charge is 0.411 e. The molecule has 20 heteroatoms. The van der Waals surface area contributed by atoms with Gasteiger partial charge in [0.05, 0.1) is 46.3 Å². The first-order chi connectivity index (χ1) is 22.2. The number of benzene rings is 2. The monoisotopic (exact) mass is 755 g/mol. The van der Waals surface area contributed by atoms with Gasteiger partial charge in [-0.1, -0.05) is 15.9 Å². The highest BCUT2D eigenvalue weighted by molar-refractivity contribution is 9.09. The molecular formula is C27H26BrN5O12S2. The minimum Gasteiger partial charge on any atom is -0.445 e. The van der Waals surface area contributed by atoms with E-state index in [-0.39, 0.29) is 55.1 Å². The predicted octanol–water partition coefficient (Wildman–Crippen LogP) is 3.93. The summed E-state index contributed by atoms with van der Waals surface area (Å²) in [5.41, 5.74) is -1.04. The Bertz CT molecular complexity index is 1770. The van der Waals surface area contributed by atoms with Gasteiger partial charge in [-0.05, 0) is 35.4 Å². The van der Waals surface area contributed by atoms with Gasteiger partial charge < -0.3 is 14.8 Å². The number of Topliss-reactive ketones (excluding diaryl/α,β-unsaturated/α-hetero) is 1. The summed E-state index contributed by atoms with van der Waals surface area (Å²) < 4.78 is 39.7. The van der Waals surface area contributed by atoms with E-state index >= 15 is 0 Å². The Hall–Kier alpha value is -4.53. The molecule has 1 N–H and O–H groups in total. The van der Waals surface area contributed by atoms with Crippen molar-refractivity contribution in [2.45, 2.75) is 37.8 Å². The summed E-state index contributed by atoms with van der Waals surface area (Å²) in [6.45, 7) is -0.937. The van der Waals surface area contributed by atoms with Gasteiger partial charge in [0, 0.05) is 36.1 Å². The van der Waals surface area contributed by atoms with Crippen LogP contribution >= 0.6 is 27.3 Å². The highest BCUT2D eigenvalue weighted by Gasteiger charge is 2.57. The minimum absolute atomic E-state index is 0.0925. The Morgan fingerprint density at radius 3 is 2.09 bits per heavy atom. The molecule has 0 unspecified atom stereocenters. The lowest BCUT2D eigenvalue weighted by atomic mass is 9.88. The Kier molecular flexibility index (Phi) is 11.2. The van der Waals surface area contributed by atoms with Crippen molar-refractivity contribution in [1.29, 1.82) is 0 Å². The van der Waals surface area contributed by atoms with Gasteiger partial charge in [-0.2, -0.15) is 8.42 Å². The average molecular weight is 757 g/mol. The molecule has 1 saturated heterocycles. The molecule has 3 aromatic rings. The number of amides is 2. The van der Waals surface area contributed by atoms with Crippen LogP contribution in [-0.2, 0) is 53.9 Å². The number of carbonyl (C=O) groups excluding carboxylic acids is 3. The number of thiazole rings is 1. The van der Waals surface area contributed by atoms with Crippen LogP contribution in [0.2, 0.25) is 0 Å². The van der Waals surface area contributed by atoms with Gasteiger partial charge in [-0.25, -0.2) is 14.6 Å². The van der Waals surface area contributed by atoms with Gasteiger partial charge in [0.1, 0.15) is 18.2 Å². The van der Waals surface area contributed by atoms with Crippen LogP contribution in [0.15, 0.2) is 53.9 Å². The van der Waals surface area contributed by atoms with Crippen LogP contribution in [0, 0.1) is 20.2 Å². The van der Waals surface area contributed by atoms with Crippen LogP contribution in [0.1, 0.15) is 28.2 Å². The van der Waals surface area contributed by atoms with Crippen molar-refractivity contribution in [1.82, 2.24) is 15.2 Å². The second-order valence-electron chi connectivity index (χ2n) is 10.1. The van der Waals surface area contributed by atoms with Gasteiger partial charge >= 0.3 is 12.2 Å². The number of alkyl carbamates (subject to hydrolysis) is 1. The number of hydrogen-bond acceptors (Lipinski definition) is 14. The standard InChI is InChI=1S/C27H26BrN5O12S2/c1-47(41,42)45-21-10-27(23(34)11-28,31(13-21)26(36)44-15-18-4-8-20(9-5-18)33(39)40)22-16-46-24(30-22)12-29-25(35)43-14-17-2-6-19(7-3-17)32(37)38/h2-9,16,21H,10-15H2,1H3,(H,29,35)/t21-,27+/m1/s1. The first kappa shape index (κ1) is 35.3. The zero-order valence-corrected chi connectivity index (χ0v) is 27.6. The molecule has 4 rings (SSSR count). The molecule has 250 valence electrons. The molecular weight excluding hydrogens is 730 g/mol. The van der Waals surface area contributed by atoms with Crippen LogP contribution in [0.5, 0.6) is 0 Å². The van der Waals surface area contributed by atoms with Crippen LogP contribution in [0.4, 0.5) is 21.0 Å². The summed E-state index contributed by atoms with van der Waals surface area (Å²) >= 11 is 4.20. The molecule has 0 spiro atoms. The quantitative estimate of drug-likeness (QED) is 0.113. The number of nitro groups is 2. The highest BCUT2D eigenvalue weighted by atomic mass is 79.9. The first-order valence-electron chi connectivity index (χ1n) is 13.5. The first-order valence-corrected chi connectivity index (χ1v) is 17.3. The number of aromatic nitrogens is 1. The highest BCUT2D eigenvalue weighted by Crippen LogP contribution is 2.42. The van der Waals surface area contributed by atoms with Gasteiger partial charge in [-0.15, -0.1) is 11.3 Å². The van der Waals surface area contributed by atoms with E-state index in [4.69, 9.17) is 13.7 Å². The van der Waals surface area contributed by atoms with Crippen molar-refractivity contribution in [3.63, 3.8) is 0 Å². The molecule has 1 fully saturated rings. The zero-order valence-electron chi connectivity index (χ0n) is 24.4. The molecule has 47 heavy (non-hydrogen) atoms. The summed E-state index contributed by atoms with van der Waals surface area (Å²) in [6, 6.07) is 10.7. The van der Waals surface area contributed by atoms with E-state index in [9.17, 15) is 43.0 Å². The number of halogens is 1. The molecule has 1 aliphatic heterocycles. The van der Waals surface area contributed by atoms with Crippen molar-refractivity contribution >= 4 is 66.7 Å². The summed E-state index contributed by atoms with van der Waals surface area (Å²) in [7, 11) is -4.00. The van der Waals surface area contributed by atoms with Gasteiger partial charge in [0.25, 0.3) is 21.5 Å². The molecule has 2 heterocycles. The Morgan fingerprint density at radius 1 is 1.02 bits per heavy atom. The molecule has 2 aromatic carbocycles. The normalized spacial score (nSPS) is 17.6. The van der Waals surface area contributed by atoms with Crippen molar-refractivity contribution in [2.75, 3.05) is 18.1 Å². The molecule has 0 aliphatic carbocycles. The second kappa shape index (κ2) is 14.9. The average Bonchev–Trinajstić information content (AvgIpc) is 3.66. The predicted molar refractivity (Wildman–Crippen MR) is 167 cm³/mol. The third-order valence-electron chi connectivity index (χ3n) is 6.87. The van der Waals surface area contributed by atoms with Crippen molar-refractivity contribution in [2.24, 2.45) is 0 Å². The number of nitrogens with one attached hydrogen (secondary N) is 1. The maximum Gasteiger partial charge on any atom is 0.411 e. The van der Waals surface area contributed by atoms with Gasteiger partial charge in [0.15, 0.2) is 11.3 Å². The van der Waals surface area contributed by atoms with E-state index in [1.165, 1.54) is 53.9 Å². The maximum absolute atomic E-state index is 13.6. The van der Waals surface area contributed by atoms with E-state index in [0.29, 0.717) is 16.1 Å². The fourth-order valence-corrected chi connectivity index (χ4v) is 6.64. The summed E-state index contributed by atoms with van der Waals surface area (Å²) in [4.78, 5) is 65.5. The molecule has 17 nitrogen and oxygen atoms in total. The number of nitro benzene ring substituents is 2. The van der Waals surface area contributed by atoms with Crippen molar-refractivity contribution in [3.8, 4) is 0 Å². The van der Waals surface area contributed by atoms with E-state index < -0.39 is 49.6 Å². The number of alkyl halides is 1. The van der Waals surface area contributed by atoms with Crippen molar-refractivity contribution in [3.05, 3.63) is 96.0 Å². The molecule has 0 bridgehead atoms. The second-order valence-corrected chi connectivity index (χ2v) is 13.2. The summed E-state index contributed by atoms with van der Waals surface area (Å²) in [5, 5.41) is 25.8. The molecule has 2 atom stereocenters. The topological polar surface area (TPSA) is 227 Å². The summed E-state index contributed by atoms with van der Waals surface area (Å²) in [5.74, 6) is -0.545. The largest absolute Gasteiger partial charge is 0.445 e. The van der Waals surface area contributed by atoms with Gasteiger partial charge in [0.2, 0.25) is 0 Å². The fraction of sp³-hybridized carbons (Fsp3) is 0.333. The Labute approximate surface area is 279 Å². The number of ketones is 1. The number of carbonyl (C=O) groups is 3. The Balaban J connectivity index is 1.50. The number of likely N-dealkylation sites (tertiary alicyclic amines) is 1. The number of rotatable bonds is 13. The van der Waals surface area contributed by atoms with Crippen molar-refractivity contribution < 1.29 is 46.3 Å². The maximum atomic E-state index is 13.6.